The van der Waals surface area contributed by atoms with Crippen LogP contribution in [0, 0.1) is 6.92 Å². The largest absolute Gasteiger partial charge is 0.356 e. The lowest BCUT2D eigenvalue weighted by Gasteiger charge is -2.29. The molecule has 5 nitrogen and oxygen atoms in total. The maximum Gasteiger partial charge on any atom is 0.171 e. The highest BCUT2D eigenvalue weighted by atomic mass is 16.5. The molecule has 0 atom stereocenters. The van der Waals surface area contributed by atoms with Gasteiger partial charge in [0, 0.05) is 60.1 Å². The molecule has 0 radical (unpaired) electrons. The number of hydrogen-bond donors (Lipinski definition) is 0. The second-order valence-electron chi connectivity index (χ2n) is 8.32. The van der Waals surface area contributed by atoms with E-state index in [1.165, 1.54) is 11.3 Å². The molecule has 140 valence electrons. The molecule has 0 aliphatic carbocycles. The lowest BCUT2D eigenvalue weighted by Crippen LogP contribution is -2.32. The topological polar surface area (TPSA) is 55.1 Å². The number of rotatable bonds is 3. The first-order valence-corrected chi connectivity index (χ1v) is 9.50. The van der Waals surface area contributed by atoms with Crippen LogP contribution in [0.25, 0.3) is 11.3 Å². The van der Waals surface area contributed by atoms with Gasteiger partial charge in [-0.3, -0.25) is 4.90 Å². The van der Waals surface area contributed by atoms with E-state index in [0.29, 0.717) is 0 Å². The molecule has 4 rings (SSSR count). The predicted molar refractivity (Wildman–Crippen MR) is 105 cm³/mol. The van der Waals surface area contributed by atoms with Crippen molar-refractivity contribution in [2.75, 3.05) is 6.54 Å². The normalized spacial score (nSPS) is 15.0. The van der Waals surface area contributed by atoms with E-state index < -0.39 is 0 Å². The second-order valence-corrected chi connectivity index (χ2v) is 8.32. The van der Waals surface area contributed by atoms with Crippen LogP contribution >= 0.6 is 0 Å². The molecule has 1 aliphatic heterocycles. The molecule has 0 bridgehead atoms. The molecule has 1 aromatic carbocycles. The van der Waals surface area contributed by atoms with Crippen molar-refractivity contribution in [1.29, 1.82) is 0 Å². The SMILES string of the molecule is Cc1noc(-c2ccccc2)c1CN1CCc2nc(C(C)(C)C)ncc2C1. The third-order valence-corrected chi connectivity index (χ3v) is 5.09. The Balaban J connectivity index is 1.56. The molecule has 0 N–H and O–H groups in total. The van der Waals surface area contributed by atoms with Gasteiger partial charge in [-0.25, -0.2) is 9.97 Å². The maximum absolute atomic E-state index is 5.64. The number of aromatic nitrogens is 3. The summed E-state index contributed by atoms with van der Waals surface area (Å²) in [6, 6.07) is 10.2. The van der Waals surface area contributed by atoms with E-state index in [1.807, 2.05) is 31.3 Å². The smallest absolute Gasteiger partial charge is 0.171 e. The molecule has 0 saturated heterocycles. The van der Waals surface area contributed by atoms with Crippen molar-refractivity contribution in [3.05, 3.63) is 64.9 Å². The van der Waals surface area contributed by atoms with Crippen LogP contribution < -0.4 is 0 Å². The highest BCUT2D eigenvalue weighted by Crippen LogP contribution is 2.29. The van der Waals surface area contributed by atoms with Crippen LogP contribution in [0.3, 0.4) is 0 Å². The summed E-state index contributed by atoms with van der Waals surface area (Å²) in [5, 5.41) is 4.22. The van der Waals surface area contributed by atoms with Crippen LogP contribution in [-0.4, -0.2) is 26.6 Å². The third kappa shape index (κ3) is 3.65. The van der Waals surface area contributed by atoms with E-state index in [-0.39, 0.29) is 5.41 Å². The highest BCUT2D eigenvalue weighted by Gasteiger charge is 2.25. The summed E-state index contributed by atoms with van der Waals surface area (Å²) in [4.78, 5) is 11.9. The van der Waals surface area contributed by atoms with Gasteiger partial charge in [-0.05, 0) is 6.92 Å². The zero-order valence-corrected chi connectivity index (χ0v) is 16.5. The summed E-state index contributed by atoms with van der Waals surface area (Å²) in [6.45, 7) is 11.1. The van der Waals surface area contributed by atoms with E-state index >= 15 is 0 Å². The molecule has 5 heteroatoms. The fourth-order valence-electron chi connectivity index (χ4n) is 3.49. The molecule has 3 aromatic rings. The quantitative estimate of drug-likeness (QED) is 0.695. The van der Waals surface area contributed by atoms with Crippen molar-refractivity contribution in [1.82, 2.24) is 20.0 Å². The minimum absolute atomic E-state index is 0.0175. The first-order valence-electron chi connectivity index (χ1n) is 9.50. The number of nitrogens with zero attached hydrogens (tertiary/aromatic N) is 4. The standard InChI is InChI=1S/C22H26N4O/c1-15-18(20(27-25-15)16-8-6-5-7-9-16)14-26-11-10-19-17(13-26)12-23-21(24-19)22(2,3)4/h5-9,12H,10-11,13-14H2,1-4H3. The molecule has 0 fully saturated rings. The van der Waals surface area contributed by atoms with Crippen molar-refractivity contribution < 1.29 is 4.52 Å². The van der Waals surface area contributed by atoms with Crippen molar-refractivity contribution in [2.45, 2.75) is 52.6 Å². The van der Waals surface area contributed by atoms with E-state index in [4.69, 9.17) is 9.51 Å². The molecule has 27 heavy (non-hydrogen) atoms. The summed E-state index contributed by atoms with van der Waals surface area (Å²) < 4.78 is 5.64. The number of fused-ring (bicyclic) bond motifs is 1. The minimum Gasteiger partial charge on any atom is -0.356 e. The fourth-order valence-corrected chi connectivity index (χ4v) is 3.49. The maximum atomic E-state index is 5.64. The van der Waals surface area contributed by atoms with Crippen LogP contribution in [0.2, 0.25) is 0 Å². The molecule has 0 spiro atoms. The Hall–Kier alpha value is -2.53. The van der Waals surface area contributed by atoms with E-state index in [9.17, 15) is 0 Å². The van der Waals surface area contributed by atoms with E-state index in [0.717, 1.165) is 54.5 Å². The molecule has 0 amide bonds. The zero-order valence-electron chi connectivity index (χ0n) is 16.5. The van der Waals surface area contributed by atoms with Gasteiger partial charge in [0.15, 0.2) is 5.76 Å². The fraction of sp³-hybridized carbons (Fsp3) is 0.409. The summed E-state index contributed by atoms with van der Waals surface area (Å²) in [6.07, 6.45) is 2.96. The van der Waals surface area contributed by atoms with Gasteiger partial charge in [-0.15, -0.1) is 0 Å². The van der Waals surface area contributed by atoms with Crippen LogP contribution in [-0.2, 0) is 24.9 Å². The van der Waals surface area contributed by atoms with Gasteiger partial charge in [0.2, 0.25) is 0 Å². The zero-order chi connectivity index (χ0) is 19.0. The lowest BCUT2D eigenvalue weighted by atomic mass is 9.95. The second kappa shape index (κ2) is 6.89. The van der Waals surface area contributed by atoms with Gasteiger partial charge in [0.25, 0.3) is 0 Å². The Labute approximate surface area is 160 Å². The molecule has 1 aliphatic rings. The molecule has 3 heterocycles. The Morgan fingerprint density at radius 1 is 1.15 bits per heavy atom. The first-order chi connectivity index (χ1) is 12.9. The summed E-state index contributed by atoms with van der Waals surface area (Å²) in [5.74, 6) is 1.80. The summed E-state index contributed by atoms with van der Waals surface area (Å²) in [7, 11) is 0. The highest BCUT2D eigenvalue weighted by molar-refractivity contribution is 5.61. The van der Waals surface area contributed by atoms with Gasteiger partial charge < -0.3 is 4.52 Å². The van der Waals surface area contributed by atoms with Crippen LogP contribution in [0.15, 0.2) is 41.1 Å². The molecule has 0 saturated carbocycles. The van der Waals surface area contributed by atoms with Crippen LogP contribution in [0.5, 0.6) is 0 Å². The van der Waals surface area contributed by atoms with Crippen molar-refractivity contribution in [2.24, 2.45) is 0 Å². The van der Waals surface area contributed by atoms with Gasteiger partial charge >= 0.3 is 0 Å². The summed E-state index contributed by atoms with van der Waals surface area (Å²) >= 11 is 0. The average Bonchev–Trinajstić information content (AvgIpc) is 3.02. The Morgan fingerprint density at radius 2 is 1.93 bits per heavy atom. The Morgan fingerprint density at radius 3 is 2.67 bits per heavy atom. The lowest BCUT2D eigenvalue weighted by molar-refractivity contribution is 0.241. The average molecular weight is 362 g/mol. The van der Waals surface area contributed by atoms with E-state index in [1.54, 1.807) is 0 Å². The van der Waals surface area contributed by atoms with Gasteiger partial charge in [0.05, 0.1) is 5.69 Å². The molecular formula is C22H26N4O. The van der Waals surface area contributed by atoms with Gasteiger partial charge in [-0.2, -0.15) is 0 Å². The predicted octanol–water partition coefficient (Wildman–Crippen LogP) is 4.30. The number of hydrogen-bond acceptors (Lipinski definition) is 5. The Kier molecular flexibility index (Phi) is 4.56. The van der Waals surface area contributed by atoms with Crippen molar-refractivity contribution in [3.8, 4) is 11.3 Å². The monoisotopic (exact) mass is 362 g/mol. The van der Waals surface area contributed by atoms with Crippen molar-refractivity contribution >= 4 is 0 Å². The number of benzene rings is 1. The van der Waals surface area contributed by atoms with Gasteiger partial charge in [-0.1, -0.05) is 56.3 Å². The Bertz CT molecular complexity index is 941. The van der Waals surface area contributed by atoms with Gasteiger partial charge in [0.1, 0.15) is 5.82 Å². The molecule has 2 aromatic heterocycles. The van der Waals surface area contributed by atoms with Crippen molar-refractivity contribution in [3.63, 3.8) is 0 Å². The first kappa shape index (κ1) is 17.9. The summed E-state index contributed by atoms with van der Waals surface area (Å²) in [5.41, 5.74) is 5.59. The van der Waals surface area contributed by atoms with Crippen LogP contribution in [0.4, 0.5) is 0 Å². The van der Waals surface area contributed by atoms with E-state index in [2.05, 4.69) is 47.9 Å². The third-order valence-electron chi connectivity index (χ3n) is 5.09. The molecular weight excluding hydrogens is 336 g/mol. The number of aryl methyl sites for hydroxylation is 1. The molecule has 0 unspecified atom stereocenters. The van der Waals surface area contributed by atoms with Crippen LogP contribution in [0.1, 0.15) is 49.1 Å². The minimum atomic E-state index is -0.0175.